The molecule has 1 aliphatic heterocycles. The summed E-state index contributed by atoms with van der Waals surface area (Å²) in [6.07, 6.45) is 0.843. The van der Waals surface area contributed by atoms with Gasteiger partial charge in [0.2, 0.25) is 0 Å². The van der Waals surface area contributed by atoms with Crippen LogP contribution in [0.3, 0.4) is 0 Å². The maximum atomic E-state index is 6.50. The summed E-state index contributed by atoms with van der Waals surface area (Å²) in [5.74, 6) is 0.850. The summed E-state index contributed by atoms with van der Waals surface area (Å²) in [6, 6.07) is 41.2. The van der Waals surface area contributed by atoms with Gasteiger partial charge in [0.05, 0.1) is 18.3 Å². The van der Waals surface area contributed by atoms with E-state index in [4.69, 9.17) is 4.84 Å². The predicted octanol–water partition coefficient (Wildman–Crippen LogP) is 5.65. The summed E-state index contributed by atoms with van der Waals surface area (Å²) in [5, 5.41) is 8.50. The van der Waals surface area contributed by atoms with E-state index in [-0.39, 0.29) is 5.28 Å². The first-order chi connectivity index (χ1) is 17.2. The average Bonchev–Trinajstić information content (AvgIpc) is 3.57. The van der Waals surface area contributed by atoms with Crippen LogP contribution in [0.25, 0.3) is 0 Å². The van der Waals surface area contributed by atoms with Crippen LogP contribution in [0.15, 0.2) is 120 Å². The van der Waals surface area contributed by atoms with Crippen molar-refractivity contribution in [2.45, 2.75) is 18.6 Å². The van der Waals surface area contributed by atoms with Gasteiger partial charge in [-0.15, -0.1) is 0 Å². The molecule has 0 spiro atoms. The van der Waals surface area contributed by atoms with Crippen LogP contribution >= 0.6 is 19.5 Å². The van der Waals surface area contributed by atoms with Crippen LogP contribution in [0.4, 0.5) is 0 Å². The first-order valence-electron chi connectivity index (χ1n) is 11.8. The molecule has 1 saturated heterocycles. The maximum Gasteiger partial charge on any atom is 0.191 e. The minimum atomic E-state index is -2.08. The summed E-state index contributed by atoms with van der Waals surface area (Å²) < 4.78 is 0. The van der Waals surface area contributed by atoms with E-state index in [2.05, 4.69) is 137 Å². The van der Waals surface area contributed by atoms with Crippen molar-refractivity contribution in [3.63, 3.8) is 0 Å². The third kappa shape index (κ3) is 4.47. The average molecular weight is 496 g/mol. The zero-order valence-corrected chi connectivity index (χ0v) is 21.5. The van der Waals surface area contributed by atoms with Gasteiger partial charge >= 0.3 is 0 Å². The Kier molecular flexibility index (Phi) is 6.90. The Bertz CT molecular complexity index is 1210. The van der Waals surface area contributed by atoms with Gasteiger partial charge in [-0.25, -0.2) is 4.99 Å². The van der Waals surface area contributed by atoms with E-state index in [9.17, 15) is 0 Å². The van der Waals surface area contributed by atoms with Crippen LogP contribution in [0.2, 0.25) is 0 Å². The van der Waals surface area contributed by atoms with E-state index in [1.54, 1.807) is 0 Å². The number of nitrogens with zero attached hydrogens (tertiary/aromatic N) is 2. The van der Waals surface area contributed by atoms with Gasteiger partial charge in [0, 0.05) is 0 Å². The molecule has 0 aromatic heterocycles. The van der Waals surface area contributed by atoms with Crippen LogP contribution in [0.1, 0.15) is 12.5 Å². The molecule has 2 unspecified atom stereocenters. The van der Waals surface area contributed by atoms with Crippen LogP contribution in [0.5, 0.6) is 5.75 Å². The summed E-state index contributed by atoms with van der Waals surface area (Å²) in [5.41, 5.74) is 1.21. The molecule has 0 aliphatic carbocycles. The molecule has 4 aromatic rings. The summed E-state index contributed by atoms with van der Waals surface area (Å²) >= 11 is 4.66. The first-order valence-corrected chi connectivity index (χ1v) is 14.0. The first kappa shape index (κ1) is 23.6. The standard InChI is InChI=1S/C30H28N2OPS/c1-30(23-32(30)33-26-19-17-25(18-20-26)21-22-31-24-35)34(27-11-5-2-6-12-27,28-13-7-3-8-14-28)29-15-9-4-10-16-29/h2-20H,21-23H2,1H3/q+1. The molecule has 1 aliphatic rings. The molecule has 174 valence electrons. The third-order valence-electron chi connectivity index (χ3n) is 6.75. The van der Waals surface area contributed by atoms with E-state index in [1.165, 1.54) is 21.5 Å². The fourth-order valence-corrected chi connectivity index (χ4v) is 10.2. The topological polar surface area (TPSA) is 24.6 Å². The van der Waals surface area contributed by atoms with E-state index in [0.717, 1.165) is 18.7 Å². The Balaban J connectivity index is 1.54. The molecule has 0 amide bonds. The normalized spacial score (nSPS) is 18.9. The smallest absolute Gasteiger partial charge is 0.191 e. The van der Waals surface area contributed by atoms with Gasteiger partial charge in [-0.05, 0) is 79.7 Å². The molecule has 2 atom stereocenters. The number of rotatable bonds is 9. The van der Waals surface area contributed by atoms with E-state index in [0.29, 0.717) is 6.54 Å². The van der Waals surface area contributed by atoms with Gasteiger partial charge in [-0.3, -0.25) is 0 Å². The Labute approximate surface area is 213 Å². The van der Waals surface area contributed by atoms with Crippen molar-refractivity contribution >= 4 is 40.6 Å². The number of hydrogen-bond donors (Lipinski definition) is 0. The monoisotopic (exact) mass is 495 g/mol. The number of hydrogen-bond acceptors (Lipinski definition) is 4. The molecule has 1 heterocycles. The van der Waals surface area contributed by atoms with Gasteiger partial charge in [0.25, 0.3) is 0 Å². The highest BCUT2D eigenvalue weighted by Crippen LogP contribution is 2.72. The minimum absolute atomic E-state index is 0.177. The van der Waals surface area contributed by atoms with Crippen LogP contribution in [-0.2, 0) is 6.42 Å². The zero-order valence-electron chi connectivity index (χ0n) is 19.7. The lowest BCUT2D eigenvalue weighted by Crippen LogP contribution is -2.41. The van der Waals surface area contributed by atoms with Crippen molar-refractivity contribution in [2.24, 2.45) is 4.99 Å². The lowest BCUT2D eigenvalue weighted by atomic mass is 10.1. The van der Waals surface area contributed by atoms with Gasteiger partial charge in [0.1, 0.15) is 28.9 Å². The predicted molar refractivity (Wildman–Crippen MR) is 151 cm³/mol. The number of aliphatic imine (C=N–C) groups is 1. The molecule has 5 rings (SSSR count). The van der Waals surface area contributed by atoms with Crippen LogP contribution < -0.4 is 20.8 Å². The lowest BCUT2D eigenvalue weighted by Gasteiger charge is -2.33. The Morgan fingerprint density at radius 3 is 1.74 bits per heavy atom. The largest absolute Gasteiger partial charge is 0.402 e. The third-order valence-corrected chi connectivity index (χ3v) is 11.9. The molecule has 0 saturated carbocycles. The van der Waals surface area contributed by atoms with Crippen LogP contribution in [0, 0.1) is 0 Å². The number of isothiocyanates is 1. The Morgan fingerprint density at radius 1 is 0.800 bits per heavy atom. The molecule has 4 aromatic carbocycles. The summed E-state index contributed by atoms with van der Waals surface area (Å²) in [6.45, 7) is 3.86. The highest BCUT2D eigenvalue weighted by atomic mass is 32.1. The molecule has 35 heavy (non-hydrogen) atoms. The maximum absolute atomic E-state index is 6.50. The van der Waals surface area contributed by atoms with Gasteiger partial charge in [-0.1, -0.05) is 71.8 Å². The fourth-order valence-electron chi connectivity index (χ4n) is 4.95. The number of benzene rings is 4. The van der Waals surface area contributed by atoms with Crippen molar-refractivity contribution in [1.82, 2.24) is 5.06 Å². The van der Waals surface area contributed by atoms with Gasteiger partial charge in [0.15, 0.2) is 5.28 Å². The van der Waals surface area contributed by atoms with Gasteiger partial charge < -0.3 is 4.84 Å². The second-order valence-corrected chi connectivity index (χ2v) is 12.9. The molecule has 0 bridgehead atoms. The second kappa shape index (κ2) is 10.2. The van der Waals surface area contributed by atoms with E-state index >= 15 is 0 Å². The van der Waals surface area contributed by atoms with E-state index < -0.39 is 7.26 Å². The highest BCUT2D eigenvalue weighted by molar-refractivity contribution is 7.97. The number of thiocarbonyl (C=S) groups is 1. The SMILES string of the molecule is CC1([P+](c2ccccc2)(c2ccccc2)c2ccccc2)CN1Oc1ccc(CCN=C=S)cc1. The summed E-state index contributed by atoms with van der Waals surface area (Å²) in [7, 11) is -2.08. The highest BCUT2D eigenvalue weighted by Gasteiger charge is 2.74. The molecule has 0 N–H and O–H groups in total. The molecular weight excluding hydrogens is 467 g/mol. The van der Waals surface area contributed by atoms with E-state index in [1.807, 2.05) is 12.1 Å². The van der Waals surface area contributed by atoms with Crippen molar-refractivity contribution in [2.75, 3.05) is 13.1 Å². The second-order valence-electron chi connectivity index (χ2n) is 8.89. The minimum Gasteiger partial charge on any atom is -0.402 e. The summed E-state index contributed by atoms with van der Waals surface area (Å²) in [4.78, 5) is 10.5. The Hall–Kier alpha value is -3.13. The quantitative estimate of drug-likeness (QED) is 0.130. The molecule has 3 nitrogen and oxygen atoms in total. The van der Waals surface area contributed by atoms with Crippen molar-refractivity contribution < 1.29 is 4.84 Å². The Morgan fingerprint density at radius 2 is 1.29 bits per heavy atom. The molecule has 0 radical (unpaired) electrons. The number of hydroxylamine groups is 2. The van der Waals surface area contributed by atoms with Crippen molar-refractivity contribution in [3.8, 4) is 5.75 Å². The van der Waals surface area contributed by atoms with Crippen molar-refractivity contribution in [1.29, 1.82) is 0 Å². The lowest BCUT2D eigenvalue weighted by molar-refractivity contribution is 0.0482. The molecule has 1 fully saturated rings. The fraction of sp³-hybridized carbons (Fsp3) is 0.167. The van der Waals surface area contributed by atoms with Gasteiger partial charge in [-0.2, -0.15) is 0 Å². The van der Waals surface area contributed by atoms with Crippen molar-refractivity contribution in [3.05, 3.63) is 121 Å². The zero-order chi connectivity index (χ0) is 24.1. The molecular formula is C30H28N2OPS+. The molecule has 5 heteroatoms. The van der Waals surface area contributed by atoms with Crippen LogP contribution in [-0.4, -0.2) is 28.6 Å².